The van der Waals surface area contributed by atoms with Gasteiger partial charge in [0.15, 0.2) is 5.76 Å². The third-order valence-electron chi connectivity index (χ3n) is 3.24. The van der Waals surface area contributed by atoms with Gasteiger partial charge < -0.3 is 14.4 Å². The Hall–Kier alpha value is -2.56. The molecule has 0 spiro atoms. The molecule has 5 nitrogen and oxygen atoms in total. The summed E-state index contributed by atoms with van der Waals surface area (Å²) in [4.78, 5) is 24.7. The molecule has 0 unspecified atom stereocenters. The Morgan fingerprint density at radius 2 is 1.95 bits per heavy atom. The molecule has 0 fully saturated rings. The van der Waals surface area contributed by atoms with Crippen LogP contribution in [0.1, 0.15) is 33.4 Å². The van der Waals surface area contributed by atoms with Gasteiger partial charge in [-0.3, -0.25) is 4.79 Å². The van der Waals surface area contributed by atoms with Gasteiger partial charge in [-0.1, -0.05) is 30.3 Å². The van der Waals surface area contributed by atoms with Crippen molar-refractivity contribution in [1.29, 1.82) is 0 Å². The number of hydrogen-bond acceptors (Lipinski definition) is 3. The highest BCUT2D eigenvalue weighted by Crippen LogP contribution is 2.12. The second kappa shape index (κ2) is 6.74. The lowest BCUT2D eigenvalue weighted by Gasteiger charge is -2.19. The number of carbonyl (C=O) groups excluding carboxylic acids is 1. The average molecular weight is 287 g/mol. The molecule has 110 valence electrons. The van der Waals surface area contributed by atoms with E-state index in [1.54, 1.807) is 4.90 Å². The summed E-state index contributed by atoms with van der Waals surface area (Å²) in [6.07, 6.45) is 1.83. The van der Waals surface area contributed by atoms with E-state index in [9.17, 15) is 9.59 Å². The number of carboxylic acids is 1. The lowest BCUT2D eigenvalue weighted by Crippen LogP contribution is -2.32. The van der Waals surface area contributed by atoms with Gasteiger partial charge in [-0.15, -0.1) is 0 Å². The summed E-state index contributed by atoms with van der Waals surface area (Å²) in [6.45, 7) is 2.97. The van der Waals surface area contributed by atoms with Crippen LogP contribution < -0.4 is 0 Å². The van der Waals surface area contributed by atoms with E-state index < -0.39 is 5.97 Å². The van der Waals surface area contributed by atoms with Crippen LogP contribution in [0.3, 0.4) is 0 Å². The molecule has 0 bridgehead atoms. The molecule has 0 aliphatic rings. The third kappa shape index (κ3) is 3.72. The van der Waals surface area contributed by atoms with Crippen LogP contribution in [0.4, 0.5) is 0 Å². The van der Waals surface area contributed by atoms with E-state index >= 15 is 0 Å². The van der Waals surface area contributed by atoms with Crippen molar-refractivity contribution in [2.24, 2.45) is 0 Å². The smallest absolute Gasteiger partial charge is 0.338 e. The molecular weight excluding hydrogens is 270 g/mol. The van der Waals surface area contributed by atoms with Crippen LogP contribution >= 0.6 is 0 Å². The molecule has 21 heavy (non-hydrogen) atoms. The molecule has 0 atom stereocenters. The molecule has 1 heterocycles. The first kappa shape index (κ1) is 14.8. The molecule has 0 aliphatic carbocycles. The number of nitrogens with zero attached hydrogens (tertiary/aromatic N) is 1. The first-order chi connectivity index (χ1) is 10.1. The molecular formula is C16H17NO4. The fourth-order valence-electron chi connectivity index (χ4n) is 2.03. The summed E-state index contributed by atoms with van der Waals surface area (Å²) in [5.41, 5.74) is 1.13. The summed E-state index contributed by atoms with van der Waals surface area (Å²) in [7, 11) is 0. The van der Waals surface area contributed by atoms with Crippen molar-refractivity contribution in [1.82, 2.24) is 4.90 Å². The van der Waals surface area contributed by atoms with Gasteiger partial charge in [0.25, 0.3) is 5.91 Å². The Kier molecular flexibility index (Phi) is 4.77. The topological polar surface area (TPSA) is 70.8 Å². The van der Waals surface area contributed by atoms with Crippen LogP contribution in [-0.4, -0.2) is 35.0 Å². The molecule has 1 amide bonds. The lowest BCUT2D eigenvalue weighted by molar-refractivity contribution is 0.0694. The Labute approximate surface area is 122 Å². The van der Waals surface area contributed by atoms with Crippen molar-refractivity contribution >= 4 is 11.9 Å². The van der Waals surface area contributed by atoms with E-state index in [1.807, 2.05) is 37.3 Å². The molecule has 0 aliphatic heterocycles. The van der Waals surface area contributed by atoms with Gasteiger partial charge in [-0.05, 0) is 18.9 Å². The van der Waals surface area contributed by atoms with Crippen molar-refractivity contribution < 1.29 is 19.1 Å². The van der Waals surface area contributed by atoms with E-state index in [0.717, 1.165) is 18.2 Å². The number of amides is 1. The van der Waals surface area contributed by atoms with Crippen molar-refractivity contribution in [3.63, 3.8) is 0 Å². The van der Waals surface area contributed by atoms with E-state index in [4.69, 9.17) is 9.52 Å². The molecule has 1 aromatic carbocycles. The lowest BCUT2D eigenvalue weighted by atomic mass is 10.1. The van der Waals surface area contributed by atoms with Gasteiger partial charge in [0.1, 0.15) is 6.26 Å². The second-order valence-electron chi connectivity index (χ2n) is 4.63. The molecule has 5 heteroatoms. The number of carbonyl (C=O) groups is 2. The largest absolute Gasteiger partial charge is 0.478 e. The van der Waals surface area contributed by atoms with Crippen LogP contribution in [0.25, 0.3) is 0 Å². The standard InChI is InChI=1S/C16H17NO4/c1-2-17(9-8-12-6-4-3-5-7-12)15(18)14-10-13(11-21-14)16(19)20/h3-7,10-11H,2,8-9H2,1H3,(H,19,20). The third-order valence-corrected chi connectivity index (χ3v) is 3.24. The Morgan fingerprint density at radius 1 is 1.24 bits per heavy atom. The zero-order valence-corrected chi connectivity index (χ0v) is 11.8. The summed E-state index contributed by atoms with van der Waals surface area (Å²) >= 11 is 0. The zero-order valence-electron chi connectivity index (χ0n) is 11.8. The van der Waals surface area contributed by atoms with Gasteiger partial charge in [0.2, 0.25) is 0 Å². The summed E-state index contributed by atoms with van der Waals surface area (Å²) in [5, 5.41) is 8.84. The molecule has 2 rings (SSSR count). The minimum Gasteiger partial charge on any atom is -0.478 e. The maximum Gasteiger partial charge on any atom is 0.338 e. The van der Waals surface area contributed by atoms with E-state index in [-0.39, 0.29) is 17.2 Å². The van der Waals surface area contributed by atoms with Crippen molar-refractivity contribution in [3.05, 3.63) is 59.5 Å². The van der Waals surface area contributed by atoms with Crippen LogP contribution in [-0.2, 0) is 6.42 Å². The first-order valence-electron chi connectivity index (χ1n) is 6.77. The Bertz CT molecular complexity index is 618. The Morgan fingerprint density at radius 3 is 2.52 bits per heavy atom. The van der Waals surface area contributed by atoms with Gasteiger partial charge in [-0.25, -0.2) is 4.79 Å². The number of furan rings is 1. The summed E-state index contributed by atoms with van der Waals surface area (Å²) < 4.78 is 5.05. The number of hydrogen-bond donors (Lipinski definition) is 1. The van der Waals surface area contributed by atoms with Gasteiger partial charge in [0.05, 0.1) is 5.56 Å². The maximum atomic E-state index is 12.3. The summed E-state index contributed by atoms with van der Waals surface area (Å²) in [5.74, 6) is -1.34. The number of rotatable bonds is 6. The quantitative estimate of drug-likeness (QED) is 0.886. The van der Waals surface area contributed by atoms with E-state index in [0.29, 0.717) is 13.1 Å². The van der Waals surface area contributed by atoms with Gasteiger partial charge >= 0.3 is 5.97 Å². The number of benzene rings is 1. The highest BCUT2D eigenvalue weighted by Gasteiger charge is 2.19. The molecule has 1 N–H and O–H groups in total. The maximum absolute atomic E-state index is 12.3. The predicted octanol–water partition coefficient (Wildman–Crippen LogP) is 2.68. The van der Waals surface area contributed by atoms with Crippen molar-refractivity contribution in [2.45, 2.75) is 13.3 Å². The van der Waals surface area contributed by atoms with Crippen molar-refractivity contribution in [2.75, 3.05) is 13.1 Å². The minimum absolute atomic E-state index is 0.0162. The van der Waals surface area contributed by atoms with Gasteiger partial charge in [0, 0.05) is 19.2 Å². The SMILES string of the molecule is CCN(CCc1ccccc1)C(=O)c1cc(C(=O)O)co1. The second-order valence-corrected chi connectivity index (χ2v) is 4.63. The molecule has 0 saturated carbocycles. The highest BCUT2D eigenvalue weighted by molar-refractivity contribution is 5.95. The fourth-order valence-corrected chi connectivity index (χ4v) is 2.03. The van der Waals surface area contributed by atoms with E-state index in [2.05, 4.69) is 0 Å². The average Bonchev–Trinajstić information content (AvgIpc) is 2.99. The predicted molar refractivity (Wildman–Crippen MR) is 77.4 cm³/mol. The van der Waals surface area contributed by atoms with Gasteiger partial charge in [-0.2, -0.15) is 0 Å². The first-order valence-corrected chi connectivity index (χ1v) is 6.77. The van der Waals surface area contributed by atoms with Crippen LogP contribution in [0.5, 0.6) is 0 Å². The van der Waals surface area contributed by atoms with Crippen LogP contribution in [0.15, 0.2) is 47.1 Å². The normalized spacial score (nSPS) is 10.3. The van der Waals surface area contributed by atoms with Crippen LogP contribution in [0, 0.1) is 0 Å². The zero-order chi connectivity index (χ0) is 15.2. The number of likely N-dealkylation sites (N-methyl/N-ethyl adjacent to an activating group) is 1. The molecule has 0 saturated heterocycles. The Balaban J connectivity index is 2.02. The molecule has 1 aromatic heterocycles. The number of aromatic carboxylic acids is 1. The van der Waals surface area contributed by atoms with Crippen LogP contribution in [0.2, 0.25) is 0 Å². The number of carboxylic acid groups (broad SMARTS) is 1. The minimum atomic E-state index is -1.11. The highest BCUT2D eigenvalue weighted by atomic mass is 16.4. The monoisotopic (exact) mass is 287 g/mol. The van der Waals surface area contributed by atoms with E-state index in [1.165, 1.54) is 6.07 Å². The fraction of sp³-hybridized carbons (Fsp3) is 0.250. The van der Waals surface area contributed by atoms with Crippen molar-refractivity contribution in [3.8, 4) is 0 Å². The molecule has 0 radical (unpaired) electrons. The summed E-state index contributed by atoms with van der Waals surface area (Å²) in [6, 6.07) is 11.1. The molecule has 2 aromatic rings.